The molecular weight excluding hydrogens is 220 g/mol. The third-order valence-corrected chi connectivity index (χ3v) is 2.37. The zero-order chi connectivity index (χ0) is 12.8. The summed E-state index contributed by atoms with van der Waals surface area (Å²) in [6, 6.07) is 1.48. The predicted molar refractivity (Wildman–Crippen MR) is 63.9 cm³/mol. The van der Waals surface area contributed by atoms with Crippen LogP contribution in [0.1, 0.15) is 30.6 Å². The summed E-state index contributed by atoms with van der Waals surface area (Å²) >= 11 is 0. The fraction of sp³-hybridized carbons (Fsp3) is 0.500. The first-order chi connectivity index (χ1) is 7.99. The van der Waals surface area contributed by atoms with Crippen molar-refractivity contribution < 1.29 is 14.7 Å². The van der Waals surface area contributed by atoms with Gasteiger partial charge in [0.25, 0.3) is 0 Å². The largest absolute Gasteiger partial charge is 0.478 e. The average Bonchev–Trinajstić information content (AvgIpc) is 2.65. The van der Waals surface area contributed by atoms with E-state index < -0.39 is 5.97 Å². The van der Waals surface area contributed by atoms with Crippen LogP contribution in [0.25, 0.3) is 0 Å². The lowest BCUT2D eigenvalue weighted by Gasteiger charge is -2.07. The van der Waals surface area contributed by atoms with Gasteiger partial charge in [0, 0.05) is 18.9 Å². The molecule has 1 rings (SSSR count). The molecule has 0 radical (unpaired) electrons. The fourth-order valence-corrected chi connectivity index (χ4v) is 1.39. The molecule has 0 atom stereocenters. The number of rotatable bonds is 6. The van der Waals surface area contributed by atoms with E-state index in [1.54, 1.807) is 10.8 Å². The minimum Gasteiger partial charge on any atom is -0.478 e. The maximum absolute atomic E-state index is 11.5. The van der Waals surface area contributed by atoms with E-state index in [-0.39, 0.29) is 18.0 Å². The van der Waals surface area contributed by atoms with Crippen LogP contribution in [0, 0.1) is 5.92 Å². The van der Waals surface area contributed by atoms with Gasteiger partial charge in [-0.1, -0.05) is 13.8 Å². The van der Waals surface area contributed by atoms with Gasteiger partial charge in [0.05, 0.1) is 5.56 Å². The lowest BCUT2D eigenvalue weighted by molar-refractivity contribution is -0.121. The third kappa shape index (κ3) is 4.72. The van der Waals surface area contributed by atoms with Crippen molar-refractivity contribution in [1.82, 2.24) is 9.88 Å². The molecule has 0 aromatic carbocycles. The highest BCUT2D eigenvalue weighted by molar-refractivity contribution is 5.87. The number of hydrogen-bond acceptors (Lipinski definition) is 2. The normalized spacial score (nSPS) is 10.5. The van der Waals surface area contributed by atoms with Crippen molar-refractivity contribution in [2.24, 2.45) is 5.92 Å². The Kier molecular flexibility index (Phi) is 4.75. The van der Waals surface area contributed by atoms with Crippen molar-refractivity contribution in [3.05, 3.63) is 24.0 Å². The molecule has 0 fully saturated rings. The molecule has 17 heavy (non-hydrogen) atoms. The van der Waals surface area contributed by atoms with Gasteiger partial charge >= 0.3 is 5.97 Å². The van der Waals surface area contributed by atoms with Crippen LogP contribution in [0.4, 0.5) is 0 Å². The average molecular weight is 238 g/mol. The Labute approximate surface area is 100 Å². The number of nitrogens with one attached hydrogen (secondary N) is 1. The van der Waals surface area contributed by atoms with Crippen LogP contribution in [0.15, 0.2) is 18.5 Å². The van der Waals surface area contributed by atoms with E-state index in [1.165, 1.54) is 12.3 Å². The zero-order valence-corrected chi connectivity index (χ0v) is 10.1. The molecule has 2 N–H and O–H groups in total. The van der Waals surface area contributed by atoms with Gasteiger partial charge in [0.2, 0.25) is 5.91 Å². The lowest BCUT2D eigenvalue weighted by Crippen LogP contribution is -2.28. The summed E-state index contributed by atoms with van der Waals surface area (Å²) in [6.45, 7) is 5.00. The lowest BCUT2D eigenvalue weighted by atomic mass is 10.1. The molecule has 94 valence electrons. The van der Waals surface area contributed by atoms with Gasteiger partial charge in [-0.3, -0.25) is 4.79 Å². The topological polar surface area (TPSA) is 71.3 Å². The molecule has 0 aliphatic carbocycles. The highest BCUT2D eigenvalue weighted by atomic mass is 16.4. The number of hydrogen-bond donors (Lipinski definition) is 2. The van der Waals surface area contributed by atoms with Crippen molar-refractivity contribution in [2.75, 3.05) is 6.54 Å². The molecular formula is C12H18N2O3. The van der Waals surface area contributed by atoms with Gasteiger partial charge in [-0.05, 0) is 18.4 Å². The van der Waals surface area contributed by atoms with Crippen molar-refractivity contribution in [2.45, 2.75) is 26.8 Å². The second kappa shape index (κ2) is 6.08. The van der Waals surface area contributed by atoms with Gasteiger partial charge in [-0.2, -0.15) is 0 Å². The molecule has 0 saturated heterocycles. The Morgan fingerprint density at radius 2 is 2.18 bits per heavy atom. The summed E-state index contributed by atoms with van der Waals surface area (Å²) in [7, 11) is 0. The number of aromatic nitrogens is 1. The molecule has 5 nitrogen and oxygen atoms in total. The third-order valence-electron chi connectivity index (χ3n) is 2.37. The van der Waals surface area contributed by atoms with E-state index in [0.717, 1.165) is 6.42 Å². The quantitative estimate of drug-likeness (QED) is 0.785. The van der Waals surface area contributed by atoms with Crippen molar-refractivity contribution in [3.63, 3.8) is 0 Å². The van der Waals surface area contributed by atoms with Gasteiger partial charge in [0.15, 0.2) is 0 Å². The van der Waals surface area contributed by atoms with Crippen molar-refractivity contribution in [1.29, 1.82) is 0 Å². The van der Waals surface area contributed by atoms with Crippen molar-refractivity contribution in [3.8, 4) is 0 Å². The highest BCUT2D eigenvalue weighted by Gasteiger charge is 2.07. The van der Waals surface area contributed by atoms with Crippen LogP contribution < -0.4 is 5.32 Å². The maximum atomic E-state index is 11.5. The van der Waals surface area contributed by atoms with Crippen LogP contribution in [0.5, 0.6) is 0 Å². The van der Waals surface area contributed by atoms with E-state index in [1.807, 2.05) is 0 Å². The summed E-state index contributed by atoms with van der Waals surface area (Å²) in [5.74, 6) is -0.525. The van der Waals surface area contributed by atoms with E-state index in [0.29, 0.717) is 12.5 Å². The standard InChI is InChI=1S/C12H18N2O3/c1-9(2)3-5-13-11(15)8-14-6-4-10(7-14)12(16)17/h4,6-7,9H,3,5,8H2,1-2H3,(H,13,15)(H,16,17). The molecule has 0 unspecified atom stereocenters. The smallest absolute Gasteiger partial charge is 0.337 e. The first kappa shape index (κ1) is 13.3. The van der Waals surface area contributed by atoms with Gasteiger partial charge in [0.1, 0.15) is 6.54 Å². The Bertz CT molecular complexity index is 396. The predicted octanol–water partition coefficient (Wildman–Crippen LogP) is 1.35. The highest BCUT2D eigenvalue weighted by Crippen LogP contribution is 2.01. The Balaban J connectivity index is 2.37. The molecule has 0 spiro atoms. The van der Waals surface area contributed by atoms with Crippen LogP contribution in [-0.2, 0) is 11.3 Å². The summed E-state index contributed by atoms with van der Waals surface area (Å²) in [6.07, 6.45) is 3.98. The Morgan fingerprint density at radius 1 is 1.47 bits per heavy atom. The number of aromatic carboxylic acids is 1. The molecule has 1 heterocycles. The summed E-state index contributed by atoms with van der Waals surface area (Å²) in [5.41, 5.74) is 0.194. The second-order valence-corrected chi connectivity index (χ2v) is 4.41. The minimum absolute atomic E-state index is 0.0989. The summed E-state index contributed by atoms with van der Waals surface area (Å²) < 4.78 is 1.56. The molecule has 1 aromatic rings. The molecule has 1 amide bonds. The maximum Gasteiger partial charge on any atom is 0.337 e. The van der Waals surface area contributed by atoms with E-state index in [2.05, 4.69) is 19.2 Å². The SMILES string of the molecule is CC(C)CCNC(=O)Cn1ccc(C(=O)O)c1. The van der Waals surface area contributed by atoms with E-state index in [4.69, 9.17) is 5.11 Å². The van der Waals surface area contributed by atoms with Crippen LogP contribution in [0.2, 0.25) is 0 Å². The number of carboxylic acids is 1. The number of carbonyl (C=O) groups is 2. The number of carbonyl (C=O) groups excluding carboxylic acids is 1. The summed E-state index contributed by atoms with van der Waals surface area (Å²) in [4.78, 5) is 22.1. The van der Waals surface area contributed by atoms with Crippen molar-refractivity contribution >= 4 is 11.9 Å². The number of nitrogens with zero attached hydrogens (tertiary/aromatic N) is 1. The molecule has 0 bridgehead atoms. The van der Waals surface area contributed by atoms with Gasteiger partial charge < -0.3 is 15.0 Å². The number of amides is 1. The van der Waals surface area contributed by atoms with Crippen LogP contribution >= 0.6 is 0 Å². The first-order valence-corrected chi connectivity index (χ1v) is 5.65. The Morgan fingerprint density at radius 3 is 2.71 bits per heavy atom. The van der Waals surface area contributed by atoms with E-state index in [9.17, 15) is 9.59 Å². The van der Waals surface area contributed by atoms with Crippen LogP contribution in [-0.4, -0.2) is 28.1 Å². The van der Waals surface area contributed by atoms with Crippen LogP contribution in [0.3, 0.4) is 0 Å². The molecule has 0 aliphatic rings. The first-order valence-electron chi connectivity index (χ1n) is 5.65. The minimum atomic E-state index is -0.982. The Hall–Kier alpha value is -1.78. The number of carboxylic acid groups (broad SMARTS) is 1. The molecule has 1 aromatic heterocycles. The molecule has 0 aliphatic heterocycles. The second-order valence-electron chi connectivity index (χ2n) is 4.41. The molecule has 5 heteroatoms. The fourth-order valence-electron chi connectivity index (χ4n) is 1.39. The zero-order valence-electron chi connectivity index (χ0n) is 10.1. The van der Waals surface area contributed by atoms with E-state index >= 15 is 0 Å². The molecule has 0 saturated carbocycles. The van der Waals surface area contributed by atoms with Gasteiger partial charge in [-0.25, -0.2) is 4.79 Å². The summed E-state index contributed by atoms with van der Waals surface area (Å²) in [5, 5.41) is 11.5. The van der Waals surface area contributed by atoms with Gasteiger partial charge in [-0.15, -0.1) is 0 Å². The monoisotopic (exact) mass is 238 g/mol.